The standard InChI is InChI=1S/C5H4ClNS.Zn/c6-8-5-3-1-2-4-7-5;/h1-4H;. The van der Waals surface area contributed by atoms with E-state index in [1.54, 1.807) is 6.20 Å². The Hall–Kier alpha value is 0.413. The molecule has 1 aromatic heterocycles. The van der Waals surface area contributed by atoms with Crippen molar-refractivity contribution in [2.24, 2.45) is 0 Å². The Morgan fingerprint density at radius 2 is 2.22 bits per heavy atom. The van der Waals surface area contributed by atoms with Gasteiger partial charge in [0, 0.05) is 36.7 Å². The maximum Gasteiger partial charge on any atom is 0.111 e. The van der Waals surface area contributed by atoms with Crippen molar-refractivity contribution in [1.82, 2.24) is 4.98 Å². The minimum atomic E-state index is 0. The average molecular weight is 211 g/mol. The second kappa shape index (κ2) is 5.22. The van der Waals surface area contributed by atoms with E-state index in [2.05, 4.69) is 4.98 Å². The van der Waals surface area contributed by atoms with Gasteiger partial charge in [-0.25, -0.2) is 4.98 Å². The predicted octanol–water partition coefficient (Wildman–Crippen LogP) is 2.33. The van der Waals surface area contributed by atoms with Crippen LogP contribution in [0.1, 0.15) is 0 Å². The van der Waals surface area contributed by atoms with E-state index in [1.807, 2.05) is 18.2 Å². The van der Waals surface area contributed by atoms with Crippen LogP contribution < -0.4 is 0 Å². The van der Waals surface area contributed by atoms with Crippen LogP contribution in [0.15, 0.2) is 29.4 Å². The van der Waals surface area contributed by atoms with Gasteiger partial charge in [0.1, 0.15) is 5.03 Å². The van der Waals surface area contributed by atoms with E-state index in [4.69, 9.17) is 10.7 Å². The molecule has 0 unspecified atom stereocenters. The SMILES string of the molecule is ClSc1ccccn1.[Zn]. The molecule has 0 aliphatic rings. The molecule has 0 spiro atoms. The quantitative estimate of drug-likeness (QED) is 0.661. The van der Waals surface area contributed by atoms with Crippen LogP contribution in [0.3, 0.4) is 0 Å². The molecule has 9 heavy (non-hydrogen) atoms. The molecule has 0 aliphatic heterocycles. The summed E-state index contributed by atoms with van der Waals surface area (Å²) in [5.41, 5.74) is 0. The van der Waals surface area contributed by atoms with Gasteiger partial charge in [0.25, 0.3) is 0 Å². The van der Waals surface area contributed by atoms with Gasteiger partial charge in [-0.3, -0.25) is 0 Å². The van der Waals surface area contributed by atoms with E-state index in [-0.39, 0.29) is 19.5 Å². The Morgan fingerprint density at radius 1 is 1.44 bits per heavy atom. The molecule has 0 saturated carbocycles. The summed E-state index contributed by atoms with van der Waals surface area (Å²) in [7, 11) is 6.51. The minimum Gasteiger partial charge on any atom is -0.249 e. The van der Waals surface area contributed by atoms with Crippen molar-refractivity contribution in [3.05, 3.63) is 24.4 Å². The monoisotopic (exact) mass is 209 g/mol. The third-order valence-electron chi connectivity index (χ3n) is 0.717. The summed E-state index contributed by atoms with van der Waals surface area (Å²) in [6.07, 6.45) is 1.71. The second-order valence-corrected chi connectivity index (χ2v) is 2.28. The van der Waals surface area contributed by atoms with Crippen molar-refractivity contribution in [2.45, 2.75) is 5.03 Å². The number of halogens is 1. The fourth-order valence-electron chi connectivity index (χ4n) is 0.393. The fraction of sp³-hybridized carbons (Fsp3) is 0. The summed E-state index contributed by atoms with van der Waals surface area (Å²) >= 11 is 0. The van der Waals surface area contributed by atoms with Crippen LogP contribution in [-0.4, -0.2) is 4.98 Å². The van der Waals surface area contributed by atoms with Crippen molar-refractivity contribution in [3.63, 3.8) is 0 Å². The summed E-state index contributed by atoms with van der Waals surface area (Å²) in [5.74, 6) is 0. The third-order valence-corrected chi connectivity index (χ3v) is 1.59. The molecule has 0 N–H and O–H groups in total. The van der Waals surface area contributed by atoms with Crippen LogP contribution in [0.2, 0.25) is 0 Å². The average Bonchev–Trinajstić information content (AvgIpc) is 1.90. The summed E-state index contributed by atoms with van der Waals surface area (Å²) < 4.78 is 0. The molecule has 1 nitrogen and oxygen atoms in total. The largest absolute Gasteiger partial charge is 0.249 e. The van der Waals surface area contributed by atoms with E-state index in [0.29, 0.717) is 0 Å². The van der Waals surface area contributed by atoms with Crippen LogP contribution in [0.25, 0.3) is 0 Å². The molecule has 0 aliphatic carbocycles. The molecule has 0 amide bonds. The smallest absolute Gasteiger partial charge is 0.111 e. The molecule has 0 saturated heterocycles. The van der Waals surface area contributed by atoms with Gasteiger partial charge in [0.05, 0.1) is 0 Å². The van der Waals surface area contributed by atoms with Crippen molar-refractivity contribution in [2.75, 3.05) is 0 Å². The molecule has 1 heterocycles. The zero-order valence-corrected chi connectivity index (χ0v) is 9.29. The van der Waals surface area contributed by atoms with Crippen LogP contribution in [0, 0.1) is 0 Å². The molecule has 0 bridgehead atoms. The van der Waals surface area contributed by atoms with Crippen molar-refractivity contribution >= 4 is 21.7 Å². The Morgan fingerprint density at radius 3 is 2.56 bits per heavy atom. The summed E-state index contributed by atoms with van der Waals surface area (Å²) in [4.78, 5) is 3.93. The van der Waals surface area contributed by atoms with Crippen molar-refractivity contribution < 1.29 is 19.5 Å². The maximum atomic E-state index is 5.38. The normalized spacial score (nSPS) is 8.11. The van der Waals surface area contributed by atoms with E-state index < -0.39 is 0 Å². The summed E-state index contributed by atoms with van der Waals surface area (Å²) in [6.45, 7) is 0. The molecule has 44 valence electrons. The first-order valence-electron chi connectivity index (χ1n) is 2.13. The minimum absolute atomic E-state index is 0. The number of pyridine rings is 1. The summed E-state index contributed by atoms with van der Waals surface area (Å²) in [6, 6.07) is 5.62. The van der Waals surface area contributed by atoms with E-state index in [0.717, 1.165) is 16.0 Å². The van der Waals surface area contributed by atoms with Gasteiger partial charge in [0.15, 0.2) is 0 Å². The number of rotatable bonds is 1. The second-order valence-electron chi connectivity index (χ2n) is 1.25. The van der Waals surface area contributed by atoms with E-state index in [9.17, 15) is 0 Å². The Bertz CT molecular complexity index is 158. The third kappa shape index (κ3) is 3.19. The van der Waals surface area contributed by atoms with Crippen LogP contribution >= 0.6 is 21.7 Å². The predicted molar refractivity (Wildman–Crippen MR) is 35.9 cm³/mol. The molecule has 1 rings (SSSR count). The molecule has 0 aromatic carbocycles. The Balaban J connectivity index is 0.000000640. The van der Waals surface area contributed by atoms with Gasteiger partial charge in [-0.1, -0.05) is 6.07 Å². The fourth-order valence-corrected chi connectivity index (χ4v) is 0.897. The van der Waals surface area contributed by atoms with E-state index in [1.165, 1.54) is 0 Å². The number of aromatic nitrogens is 1. The summed E-state index contributed by atoms with van der Waals surface area (Å²) in [5, 5.41) is 0.842. The molecular formula is C5H4ClNSZn. The van der Waals surface area contributed by atoms with Gasteiger partial charge in [-0.15, -0.1) is 0 Å². The maximum absolute atomic E-state index is 5.38. The van der Waals surface area contributed by atoms with Gasteiger partial charge < -0.3 is 0 Å². The first-order chi connectivity index (χ1) is 3.93. The Labute approximate surface area is 75.5 Å². The number of hydrogen-bond acceptors (Lipinski definition) is 2. The van der Waals surface area contributed by atoms with Crippen LogP contribution in [0.4, 0.5) is 0 Å². The first kappa shape index (κ1) is 9.41. The van der Waals surface area contributed by atoms with Crippen molar-refractivity contribution in [1.29, 1.82) is 0 Å². The Kier molecular flexibility index (Phi) is 5.46. The molecule has 1 aromatic rings. The molecule has 0 fully saturated rings. The number of nitrogens with zero attached hydrogens (tertiary/aromatic N) is 1. The van der Waals surface area contributed by atoms with Gasteiger partial charge in [-0.05, 0) is 22.8 Å². The van der Waals surface area contributed by atoms with Crippen LogP contribution in [-0.2, 0) is 19.5 Å². The van der Waals surface area contributed by atoms with Gasteiger partial charge in [0.2, 0.25) is 0 Å². The number of hydrogen-bond donors (Lipinski definition) is 0. The van der Waals surface area contributed by atoms with Gasteiger partial charge in [-0.2, -0.15) is 0 Å². The first-order valence-corrected chi connectivity index (χ1v) is 3.77. The zero-order chi connectivity index (χ0) is 5.82. The van der Waals surface area contributed by atoms with Crippen LogP contribution in [0.5, 0.6) is 0 Å². The molecule has 0 atom stereocenters. The molecular weight excluding hydrogens is 207 g/mol. The molecule has 0 radical (unpaired) electrons. The van der Waals surface area contributed by atoms with Gasteiger partial charge >= 0.3 is 0 Å². The zero-order valence-electron chi connectivity index (χ0n) is 4.75. The van der Waals surface area contributed by atoms with Crippen molar-refractivity contribution in [3.8, 4) is 0 Å². The van der Waals surface area contributed by atoms with E-state index >= 15 is 0 Å². The topological polar surface area (TPSA) is 12.9 Å². The molecule has 4 heteroatoms.